The van der Waals surface area contributed by atoms with Gasteiger partial charge in [-0.3, -0.25) is 0 Å². The summed E-state index contributed by atoms with van der Waals surface area (Å²) < 4.78 is 8.16. The van der Waals surface area contributed by atoms with E-state index in [4.69, 9.17) is 0 Å². The molecule has 3 heteroatoms. The van der Waals surface area contributed by atoms with Crippen LogP contribution in [0.4, 0.5) is 0 Å². The van der Waals surface area contributed by atoms with Gasteiger partial charge in [0.15, 0.2) is 0 Å². The Labute approximate surface area is 49.9 Å². The van der Waals surface area contributed by atoms with Gasteiger partial charge in [0.25, 0.3) is 0 Å². The highest BCUT2D eigenvalue weighted by atomic mass is 32.2. The molecule has 2 rings (SSSR count). The van der Waals surface area contributed by atoms with Gasteiger partial charge in [0.05, 0.1) is 10.9 Å². The van der Waals surface area contributed by atoms with Crippen molar-refractivity contribution in [3.8, 4) is 0 Å². The zero-order valence-corrected chi connectivity index (χ0v) is 4.93. The van der Waals surface area contributed by atoms with Crippen molar-refractivity contribution in [2.24, 2.45) is 8.76 Å². The van der Waals surface area contributed by atoms with Gasteiger partial charge in [-0.25, -0.2) is 8.76 Å². The van der Waals surface area contributed by atoms with Crippen molar-refractivity contribution in [2.45, 2.75) is 0 Å². The molecule has 0 aromatic carbocycles. The molecule has 1 atom stereocenters. The van der Waals surface area contributed by atoms with E-state index < -0.39 is 0 Å². The number of hydrogen-bond donors (Lipinski definition) is 0. The second kappa shape index (κ2) is 1.39. The fourth-order valence-electron chi connectivity index (χ4n) is 0.649. The van der Waals surface area contributed by atoms with Crippen molar-refractivity contribution in [1.82, 2.24) is 0 Å². The van der Waals surface area contributed by atoms with E-state index in [1.807, 2.05) is 24.6 Å². The first-order valence-corrected chi connectivity index (χ1v) is 3.47. The lowest BCUT2D eigenvalue weighted by Crippen LogP contribution is -1.72. The van der Waals surface area contributed by atoms with E-state index in [0.717, 1.165) is 0 Å². The van der Waals surface area contributed by atoms with Crippen LogP contribution in [0.15, 0.2) is 32.0 Å². The first-order valence-electron chi connectivity index (χ1n) is 2.33. The molecule has 0 aromatic rings. The first-order chi connectivity index (χ1) is 3.97. The molecular weight excluding hydrogens is 120 g/mol. The maximum atomic E-state index is 4.08. The van der Waals surface area contributed by atoms with Gasteiger partial charge in [-0.2, -0.15) is 0 Å². The van der Waals surface area contributed by atoms with Crippen LogP contribution in [0, 0.1) is 0 Å². The van der Waals surface area contributed by atoms with Gasteiger partial charge in [0.1, 0.15) is 0 Å². The minimum Gasteiger partial charge on any atom is -0.209 e. The van der Waals surface area contributed by atoms with Crippen LogP contribution < -0.4 is 0 Å². The summed E-state index contributed by atoms with van der Waals surface area (Å²) >= 11 is 0. The maximum absolute atomic E-state index is 4.08. The molecule has 1 unspecified atom stereocenters. The Morgan fingerprint density at radius 1 is 1.50 bits per heavy atom. The smallest absolute Gasteiger partial charge is 0.0518 e. The second-order valence-corrected chi connectivity index (χ2v) is 2.93. The van der Waals surface area contributed by atoms with E-state index in [2.05, 4.69) is 8.76 Å². The predicted octanol–water partition coefficient (Wildman–Crippen LogP) is 1.20. The van der Waals surface area contributed by atoms with E-state index in [0.29, 0.717) is 0 Å². The van der Waals surface area contributed by atoms with Crippen LogP contribution in [-0.4, -0.2) is 6.21 Å². The molecule has 2 aliphatic heterocycles. The highest BCUT2D eigenvalue weighted by Gasteiger charge is 2.06. The molecule has 0 fully saturated rings. The number of rotatable bonds is 0. The lowest BCUT2D eigenvalue weighted by atomic mass is 10.5. The average Bonchev–Trinajstić information content (AvgIpc) is 2.15. The third-order valence-electron chi connectivity index (χ3n) is 1.01. The molecule has 40 valence electrons. The molecule has 0 aromatic heterocycles. The molecule has 2 nitrogen and oxygen atoms in total. The zero-order chi connectivity index (χ0) is 5.40. The monoisotopic (exact) mass is 124 g/mol. The molecule has 2 heterocycles. The van der Waals surface area contributed by atoms with E-state index in [-0.39, 0.29) is 10.9 Å². The fraction of sp³-hybridized carbons (Fsp3) is 0. The number of hydrogen-bond acceptors (Lipinski definition) is 2. The Bertz CT molecular complexity index is 209. The largest absolute Gasteiger partial charge is 0.209 e. The summed E-state index contributed by atoms with van der Waals surface area (Å²) in [5.41, 5.74) is 0. The zero-order valence-electron chi connectivity index (χ0n) is 4.11. The van der Waals surface area contributed by atoms with Crippen molar-refractivity contribution in [2.75, 3.05) is 0 Å². The third kappa shape index (κ3) is 0.419. The topological polar surface area (TPSA) is 24.7 Å². The maximum Gasteiger partial charge on any atom is 0.0518 e. The van der Waals surface area contributed by atoms with Crippen molar-refractivity contribution in [3.63, 3.8) is 0 Å². The Hall–Kier alpha value is -0.700. The van der Waals surface area contributed by atoms with Crippen LogP contribution in [0.1, 0.15) is 0 Å². The number of nitrogens with zero attached hydrogens (tertiary/aromatic N) is 2. The summed E-state index contributed by atoms with van der Waals surface area (Å²) in [5, 5.41) is 0. The minimum absolute atomic E-state index is 0.123. The third-order valence-corrected chi connectivity index (χ3v) is 2.35. The number of fused-ring (bicyclic) bond motifs is 1. The summed E-state index contributed by atoms with van der Waals surface area (Å²) in [6.07, 6.45) is 7.61. The second-order valence-electron chi connectivity index (χ2n) is 1.51. The van der Waals surface area contributed by atoms with Gasteiger partial charge in [0.2, 0.25) is 0 Å². The molecule has 0 aliphatic carbocycles. The van der Waals surface area contributed by atoms with Crippen LogP contribution in [0.2, 0.25) is 0 Å². The lowest BCUT2D eigenvalue weighted by molar-refractivity contribution is 1.66. The van der Waals surface area contributed by atoms with Crippen LogP contribution in [0.3, 0.4) is 0 Å². The van der Waals surface area contributed by atoms with Crippen LogP contribution in [0.5, 0.6) is 0 Å². The molecule has 2 aliphatic rings. The van der Waals surface area contributed by atoms with Gasteiger partial charge in [0, 0.05) is 17.3 Å². The van der Waals surface area contributed by atoms with Crippen LogP contribution in [-0.2, 0) is 10.9 Å². The van der Waals surface area contributed by atoms with Gasteiger partial charge >= 0.3 is 0 Å². The number of allylic oxidation sites excluding steroid dienone is 2. The lowest BCUT2D eigenvalue weighted by Gasteiger charge is -1.83. The molecule has 8 heavy (non-hydrogen) atoms. The Morgan fingerprint density at radius 3 is 3.38 bits per heavy atom. The SMILES string of the molecule is C1=CC2=CC=NS2=N1. The van der Waals surface area contributed by atoms with Gasteiger partial charge in [-0.15, -0.1) is 0 Å². The molecule has 0 saturated carbocycles. The Balaban J connectivity index is 2.59. The van der Waals surface area contributed by atoms with Gasteiger partial charge < -0.3 is 0 Å². The van der Waals surface area contributed by atoms with Crippen molar-refractivity contribution >= 4 is 17.1 Å². The Morgan fingerprint density at radius 2 is 2.50 bits per heavy atom. The molecule has 0 bridgehead atoms. The first kappa shape index (κ1) is 4.21. The summed E-state index contributed by atoms with van der Waals surface area (Å²) in [5.74, 6) is 0. The molecule has 0 spiro atoms. The van der Waals surface area contributed by atoms with E-state index in [1.54, 1.807) is 0 Å². The van der Waals surface area contributed by atoms with Crippen molar-refractivity contribution in [3.05, 3.63) is 23.3 Å². The normalized spacial score (nSPS) is 30.0. The summed E-state index contributed by atoms with van der Waals surface area (Å²) in [7, 11) is -0.123. The summed E-state index contributed by atoms with van der Waals surface area (Å²) in [6.45, 7) is 0. The predicted molar refractivity (Wildman–Crippen MR) is 35.5 cm³/mol. The Kier molecular flexibility index (Phi) is 0.729. The van der Waals surface area contributed by atoms with Crippen molar-refractivity contribution < 1.29 is 0 Å². The van der Waals surface area contributed by atoms with Crippen LogP contribution >= 0.6 is 0 Å². The van der Waals surface area contributed by atoms with Gasteiger partial charge in [-0.05, 0) is 12.2 Å². The van der Waals surface area contributed by atoms with Crippen molar-refractivity contribution in [1.29, 1.82) is 0 Å². The minimum atomic E-state index is -0.123. The van der Waals surface area contributed by atoms with E-state index in [9.17, 15) is 0 Å². The average molecular weight is 124 g/mol. The highest BCUT2D eigenvalue weighted by Crippen LogP contribution is 2.18. The summed E-state index contributed by atoms with van der Waals surface area (Å²) in [4.78, 5) is 1.24. The van der Waals surface area contributed by atoms with E-state index in [1.165, 1.54) is 4.91 Å². The molecule has 0 N–H and O–H groups in total. The summed E-state index contributed by atoms with van der Waals surface area (Å²) in [6, 6.07) is 0. The fourth-order valence-corrected chi connectivity index (χ4v) is 1.66. The molecule has 0 amide bonds. The van der Waals surface area contributed by atoms with Gasteiger partial charge in [-0.1, -0.05) is 0 Å². The standard InChI is InChI=1S/C5H4N2S/c1-3-6-8-5(1)2-4-7-8/h1-4H. The molecule has 0 saturated heterocycles. The van der Waals surface area contributed by atoms with Crippen LogP contribution in [0.25, 0.3) is 0 Å². The quantitative estimate of drug-likeness (QED) is 0.463. The van der Waals surface area contributed by atoms with E-state index >= 15 is 0 Å². The molecular formula is C5H4N2S. The molecule has 0 radical (unpaired) electrons. The highest BCUT2D eigenvalue weighted by molar-refractivity contribution is 7.90.